The number of carbonyl (C=O) groups is 1. The molecule has 134 valence electrons. The van der Waals surface area contributed by atoms with E-state index in [0.29, 0.717) is 5.69 Å². The second kappa shape index (κ2) is 7.17. The van der Waals surface area contributed by atoms with E-state index in [1.54, 1.807) is 6.20 Å². The molecule has 0 aliphatic heterocycles. The number of nitrogens with one attached hydrogen (secondary N) is 2. The molecule has 0 bridgehead atoms. The molecular formula is C21H18N4OS. The first kappa shape index (κ1) is 17.2. The molecule has 27 heavy (non-hydrogen) atoms. The molecule has 0 radical (unpaired) electrons. The van der Waals surface area contributed by atoms with Gasteiger partial charge in [0.1, 0.15) is 15.4 Å². The largest absolute Gasteiger partial charge is 0.323 e. The topological polar surface area (TPSA) is 66.9 Å². The number of hydrogen-bond acceptors (Lipinski definition) is 4. The summed E-state index contributed by atoms with van der Waals surface area (Å²) in [6.45, 7) is 4.02. The number of fused-ring (bicyclic) bond motifs is 1. The van der Waals surface area contributed by atoms with Gasteiger partial charge in [0.05, 0.1) is 0 Å². The van der Waals surface area contributed by atoms with Crippen LogP contribution in [0.25, 0.3) is 20.9 Å². The van der Waals surface area contributed by atoms with Crippen molar-refractivity contribution in [2.24, 2.45) is 0 Å². The molecule has 2 aromatic carbocycles. The Balaban J connectivity index is 1.54. The summed E-state index contributed by atoms with van der Waals surface area (Å²) < 4.78 is 0. The molecule has 2 aromatic heterocycles. The molecule has 0 aliphatic carbocycles. The van der Waals surface area contributed by atoms with E-state index < -0.39 is 0 Å². The maximum absolute atomic E-state index is 12.4. The Morgan fingerprint density at radius 3 is 2.70 bits per heavy atom. The Bertz CT molecular complexity index is 1100. The van der Waals surface area contributed by atoms with Crippen molar-refractivity contribution in [2.75, 3.05) is 10.6 Å². The normalized spacial score (nSPS) is 10.7. The van der Waals surface area contributed by atoms with Crippen LogP contribution >= 0.6 is 11.3 Å². The summed E-state index contributed by atoms with van der Waals surface area (Å²) in [5, 5.41) is 6.68. The molecule has 6 heteroatoms. The Morgan fingerprint density at radius 1 is 1.00 bits per heavy atom. The highest BCUT2D eigenvalue weighted by molar-refractivity contribution is 7.21. The van der Waals surface area contributed by atoms with E-state index in [4.69, 9.17) is 0 Å². The van der Waals surface area contributed by atoms with Gasteiger partial charge in [-0.1, -0.05) is 35.6 Å². The van der Waals surface area contributed by atoms with Crippen molar-refractivity contribution in [1.29, 1.82) is 0 Å². The Kier molecular flexibility index (Phi) is 4.56. The number of aryl methyl sites for hydroxylation is 1. The zero-order valence-corrected chi connectivity index (χ0v) is 15.8. The van der Waals surface area contributed by atoms with E-state index in [2.05, 4.69) is 20.6 Å². The maximum atomic E-state index is 12.4. The van der Waals surface area contributed by atoms with Gasteiger partial charge >= 0.3 is 6.03 Å². The number of thiazole rings is 1. The lowest BCUT2D eigenvalue weighted by atomic mass is 10.1. The van der Waals surface area contributed by atoms with E-state index in [1.165, 1.54) is 11.3 Å². The van der Waals surface area contributed by atoms with E-state index >= 15 is 0 Å². The van der Waals surface area contributed by atoms with Crippen LogP contribution in [0.4, 0.5) is 16.2 Å². The SMILES string of the molecule is Cc1cccc(NC(=O)Nc2cccc(-c3nc4cccnc4s3)c2)c1C. The van der Waals surface area contributed by atoms with Crippen LogP contribution in [0.2, 0.25) is 0 Å². The van der Waals surface area contributed by atoms with Gasteiger partial charge in [0.2, 0.25) is 0 Å². The van der Waals surface area contributed by atoms with Gasteiger partial charge in [-0.25, -0.2) is 14.8 Å². The van der Waals surface area contributed by atoms with Crippen molar-refractivity contribution in [3.63, 3.8) is 0 Å². The predicted octanol–water partition coefficient (Wildman–Crippen LogP) is 5.62. The third-order valence-electron chi connectivity index (χ3n) is 4.39. The van der Waals surface area contributed by atoms with Gasteiger partial charge in [0, 0.05) is 23.1 Å². The lowest BCUT2D eigenvalue weighted by Crippen LogP contribution is -2.20. The summed E-state index contributed by atoms with van der Waals surface area (Å²) in [4.78, 5) is 22.2. The van der Waals surface area contributed by atoms with Crippen LogP contribution in [0.5, 0.6) is 0 Å². The average molecular weight is 374 g/mol. The predicted molar refractivity (Wildman–Crippen MR) is 111 cm³/mol. The average Bonchev–Trinajstić information content (AvgIpc) is 3.10. The number of hydrogen-bond donors (Lipinski definition) is 2. The van der Waals surface area contributed by atoms with Crippen LogP contribution in [-0.4, -0.2) is 16.0 Å². The molecule has 2 heterocycles. The summed E-state index contributed by atoms with van der Waals surface area (Å²) in [6.07, 6.45) is 1.76. The number of pyridine rings is 1. The fourth-order valence-corrected chi connectivity index (χ4v) is 3.70. The fraction of sp³-hybridized carbons (Fsp3) is 0.0952. The summed E-state index contributed by atoms with van der Waals surface area (Å²) in [6, 6.07) is 17.1. The number of aromatic nitrogens is 2. The van der Waals surface area contributed by atoms with Crippen LogP contribution in [0.3, 0.4) is 0 Å². The van der Waals surface area contributed by atoms with Crippen LogP contribution in [0, 0.1) is 13.8 Å². The third-order valence-corrected chi connectivity index (χ3v) is 5.41. The molecule has 0 saturated carbocycles. The van der Waals surface area contributed by atoms with Gasteiger partial charge in [-0.05, 0) is 55.3 Å². The minimum Gasteiger partial charge on any atom is -0.308 e. The highest BCUT2D eigenvalue weighted by Crippen LogP contribution is 2.30. The van der Waals surface area contributed by atoms with Crippen molar-refractivity contribution in [1.82, 2.24) is 9.97 Å². The first-order valence-corrected chi connectivity index (χ1v) is 9.38. The van der Waals surface area contributed by atoms with Gasteiger partial charge in [0.15, 0.2) is 0 Å². The quantitative estimate of drug-likeness (QED) is 0.489. The molecule has 0 unspecified atom stereocenters. The lowest BCUT2D eigenvalue weighted by molar-refractivity contribution is 0.262. The van der Waals surface area contributed by atoms with Crippen LogP contribution in [0.1, 0.15) is 11.1 Å². The number of carbonyl (C=O) groups excluding carboxylic acids is 1. The third kappa shape index (κ3) is 3.66. The van der Waals surface area contributed by atoms with Gasteiger partial charge < -0.3 is 10.6 Å². The van der Waals surface area contributed by atoms with Gasteiger partial charge in [0.25, 0.3) is 0 Å². The minimum atomic E-state index is -0.271. The highest BCUT2D eigenvalue weighted by Gasteiger charge is 2.09. The number of urea groups is 1. The number of nitrogens with zero attached hydrogens (tertiary/aromatic N) is 2. The van der Waals surface area contributed by atoms with E-state index in [1.807, 2.05) is 68.4 Å². The first-order chi connectivity index (χ1) is 13.1. The summed E-state index contributed by atoms with van der Waals surface area (Å²) in [7, 11) is 0. The van der Waals surface area contributed by atoms with E-state index in [-0.39, 0.29) is 6.03 Å². The monoisotopic (exact) mass is 374 g/mol. The molecule has 0 fully saturated rings. The Labute approximate surface area is 161 Å². The summed E-state index contributed by atoms with van der Waals surface area (Å²) in [5.74, 6) is 0. The van der Waals surface area contributed by atoms with Crippen molar-refractivity contribution >= 4 is 39.1 Å². The minimum absolute atomic E-state index is 0.271. The van der Waals surface area contributed by atoms with Crippen LogP contribution in [0.15, 0.2) is 60.8 Å². The summed E-state index contributed by atoms with van der Waals surface area (Å²) >= 11 is 1.53. The molecule has 0 saturated heterocycles. The lowest BCUT2D eigenvalue weighted by Gasteiger charge is -2.11. The number of amides is 2. The van der Waals surface area contributed by atoms with E-state index in [9.17, 15) is 4.79 Å². The molecule has 5 nitrogen and oxygen atoms in total. The van der Waals surface area contributed by atoms with Crippen LogP contribution < -0.4 is 10.6 Å². The molecule has 4 rings (SSSR count). The molecule has 0 spiro atoms. The van der Waals surface area contributed by atoms with Crippen molar-refractivity contribution in [2.45, 2.75) is 13.8 Å². The highest BCUT2D eigenvalue weighted by atomic mass is 32.1. The summed E-state index contributed by atoms with van der Waals surface area (Å²) in [5.41, 5.74) is 5.54. The smallest absolute Gasteiger partial charge is 0.308 e. The standard InChI is InChI=1S/C21H18N4OS/c1-13-6-3-9-17(14(13)2)25-21(26)23-16-8-4-7-15(12-16)19-24-18-10-5-11-22-20(18)27-19/h3-12H,1-2H3,(H2,23,25,26). The van der Waals surface area contributed by atoms with Crippen LogP contribution in [-0.2, 0) is 0 Å². The molecule has 2 amide bonds. The zero-order valence-electron chi connectivity index (χ0n) is 15.0. The second-order valence-electron chi connectivity index (χ2n) is 6.25. The zero-order chi connectivity index (χ0) is 18.8. The van der Waals surface area contributed by atoms with E-state index in [0.717, 1.165) is 37.7 Å². The fourth-order valence-electron chi connectivity index (χ4n) is 2.79. The first-order valence-electron chi connectivity index (χ1n) is 8.56. The molecular weight excluding hydrogens is 356 g/mol. The number of anilines is 2. The van der Waals surface area contributed by atoms with Crippen molar-refractivity contribution < 1.29 is 4.79 Å². The van der Waals surface area contributed by atoms with Crippen molar-refractivity contribution in [3.05, 3.63) is 71.9 Å². The van der Waals surface area contributed by atoms with Crippen molar-refractivity contribution in [3.8, 4) is 10.6 Å². The maximum Gasteiger partial charge on any atom is 0.323 e. The molecule has 0 atom stereocenters. The van der Waals surface area contributed by atoms with Gasteiger partial charge in [-0.2, -0.15) is 0 Å². The molecule has 0 aliphatic rings. The Hall–Kier alpha value is -3.25. The Morgan fingerprint density at radius 2 is 1.85 bits per heavy atom. The molecule has 4 aromatic rings. The number of rotatable bonds is 3. The molecule has 2 N–H and O–H groups in total. The number of benzene rings is 2. The van der Waals surface area contributed by atoms with Gasteiger partial charge in [-0.15, -0.1) is 0 Å². The van der Waals surface area contributed by atoms with Gasteiger partial charge in [-0.3, -0.25) is 0 Å². The second-order valence-corrected chi connectivity index (χ2v) is 7.23.